The number of aromatic nitrogens is 1. The van der Waals surface area contributed by atoms with Crippen molar-refractivity contribution in [3.8, 4) is 0 Å². The molecule has 1 N–H and O–H groups in total. The van der Waals surface area contributed by atoms with Crippen molar-refractivity contribution in [2.45, 2.75) is 13.0 Å². The maximum atomic E-state index is 8.76. The van der Waals surface area contributed by atoms with E-state index < -0.39 is 6.10 Å². The van der Waals surface area contributed by atoms with Crippen molar-refractivity contribution in [2.24, 2.45) is 0 Å². The zero-order valence-electron chi connectivity index (χ0n) is 4.53. The molecule has 0 aliphatic rings. The van der Waals surface area contributed by atoms with E-state index in [0.29, 0.717) is 5.89 Å². The minimum absolute atomic E-state index is 0.366. The Morgan fingerprint density at radius 2 is 2.62 bits per heavy atom. The van der Waals surface area contributed by atoms with Gasteiger partial charge in [-0.05, 0) is 6.92 Å². The molecule has 0 saturated carbocycles. The van der Waals surface area contributed by atoms with Crippen molar-refractivity contribution < 1.29 is 9.52 Å². The third kappa shape index (κ3) is 0.869. The number of oxazole rings is 1. The van der Waals surface area contributed by atoms with Gasteiger partial charge in [-0.15, -0.1) is 0 Å². The van der Waals surface area contributed by atoms with E-state index in [4.69, 9.17) is 9.52 Å². The minimum atomic E-state index is -0.593. The number of aliphatic hydroxyl groups is 1. The maximum Gasteiger partial charge on any atom is 0.222 e. The SMILES string of the molecule is C[C@@H](O)c1ncco1. The summed E-state index contributed by atoms with van der Waals surface area (Å²) in [5, 5.41) is 8.76. The molecule has 1 rings (SSSR count). The summed E-state index contributed by atoms with van der Waals surface area (Å²) in [6.07, 6.45) is 2.34. The van der Waals surface area contributed by atoms with Gasteiger partial charge < -0.3 is 9.52 Å². The van der Waals surface area contributed by atoms with Gasteiger partial charge in [0, 0.05) is 0 Å². The second kappa shape index (κ2) is 1.96. The molecule has 1 heterocycles. The monoisotopic (exact) mass is 113 g/mol. The Bertz CT molecular complexity index is 145. The average Bonchev–Trinajstić information content (AvgIpc) is 2.12. The Kier molecular flexibility index (Phi) is 1.30. The van der Waals surface area contributed by atoms with E-state index in [-0.39, 0.29) is 0 Å². The molecule has 1 aromatic heterocycles. The summed E-state index contributed by atoms with van der Waals surface area (Å²) < 4.78 is 4.73. The van der Waals surface area contributed by atoms with Crippen LogP contribution in [0, 0.1) is 0 Å². The van der Waals surface area contributed by atoms with Gasteiger partial charge in [0.1, 0.15) is 12.4 Å². The summed E-state index contributed by atoms with van der Waals surface area (Å²) >= 11 is 0. The first-order valence-electron chi connectivity index (χ1n) is 2.38. The highest BCUT2D eigenvalue weighted by Crippen LogP contribution is 2.06. The van der Waals surface area contributed by atoms with Gasteiger partial charge in [0.25, 0.3) is 0 Å². The fraction of sp³-hybridized carbons (Fsp3) is 0.400. The summed E-state index contributed by atoms with van der Waals surface area (Å²) in [5.41, 5.74) is 0. The van der Waals surface area contributed by atoms with Gasteiger partial charge in [-0.25, -0.2) is 4.98 Å². The smallest absolute Gasteiger partial charge is 0.222 e. The van der Waals surface area contributed by atoms with Gasteiger partial charge in [0.15, 0.2) is 0 Å². The van der Waals surface area contributed by atoms with Gasteiger partial charge in [-0.3, -0.25) is 0 Å². The minimum Gasteiger partial charge on any atom is -0.446 e. The van der Waals surface area contributed by atoms with Crippen molar-refractivity contribution in [3.05, 3.63) is 18.4 Å². The Morgan fingerprint density at radius 1 is 1.88 bits per heavy atom. The van der Waals surface area contributed by atoms with Crippen LogP contribution in [0.15, 0.2) is 16.9 Å². The maximum absolute atomic E-state index is 8.76. The molecule has 44 valence electrons. The Labute approximate surface area is 47.0 Å². The lowest BCUT2D eigenvalue weighted by atomic mass is 10.4. The molecule has 0 fully saturated rings. The summed E-state index contributed by atoms with van der Waals surface area (Å²) in [6, 6.07) is 0. The van der Waals surface area contributed by atoms with Crippen molar-refractivity contribution in [1.29, 1.82) is 0 Å². The second-order valence-corrected chi connectivity index (χ2v) is 1.55. The van der Waals surface area contributed by atoms with Crippen LogP contribution in [0.2, 0.25) is 0 Å². The normalized spacial score (nSPS) is 13.8. The molecular formula is C5H7NO2. The molecule has 0 spiro atoms. The van der Waals surface area contributed by atoms with Crippen LogP contribution in [-0.2, 0) is 0 Å². The van der Waals surface area contributed by atoms with Crippen molar-refractivity contribution >= 4 is 0 Å². The van der Waals surface area contributed by atoms with E-state index in [2.05, 4.69) is 4.98 Å². The molecule has 8 heavy (non-hydrogen) atoms. The first kappa shape index (κ1) is 5.31. The molecule has 1 aromatic rings. The average molecular weight is 113 g/mol. The summed E-state index contributed by atoms with van der Waals surface area (Å²) in [7, 11) is 0. The molecule has 0 aliphatic heterocycles. The molecule has 3 nitrogen and oxygen atoms in total. The summed E-state index contributed by atoms with van der Waals surface area (Å²) in [5.74, 6) is 0.366. The van der Waals surface area contributed by atoms with Gasteiger partial charge in [-0.1, -0.05) is 0 Å². The van der Waals surface area contributed by atoms with E-state index in [0.717, 1.165) is 0 Å². The lowest BCUT2D eigenvalue weighted by Crippen LogP contribution is -1.88. The third-order valence-electron chi connectivity index (χ3n) is 0.809. The molecule has 1 atom stereocenters. The van der Waals surface area contributed by atoms with Gasteiger partial charge in [0.2, 0.25) is 5.89 Å². The number of hydrogen-bond acceptors (Lipinski definition) is 3. The van der Waals surface area contributed by atoms with E-state index in [9.17, 15) is 0 Å². The predicted octanol–water partition coefficient (Wildman–Crippen LogP) is 0.728. The molecule has 3 heteroatoms. The first-order valence-corrected chi connectivity index (χ1v) is 2.38. The number of hydrogen-bond donors (Lipinski definition) is 1. The molecule has 0 saturated heterocycles. The molecule has 0 radical (unpaired) electrons. The molecule has 0 aliphatic carbocycles. The Morgan fingerprint density at radius 3 is 2.88 bits per heavy atom. The van der Waals surface area contributed by atoms with Gasteiger partial charge in [-0.2, -0.15) is 0 Å². The molecule has 0 unspecified atom stereocenters. The highest BCUT2D eigenvalue weighted by atomic mass is 16.4. The van der Waals surface area contributed by atoms with Crippen LogP contribution in [0.4, 0.5) is 0 Å². The van der Waals surface area contributed by atoms with E-state index in [1.54, 1.807) is 6.92 Å². The van der Waals surface area contributed by atoms with Gasteiger partial charge in [0.05, 0.1) is 6.20 Å². The van der Waals surface area contributed by atoms with Crippen molar-refractivity contribution in [3.63, 3.8) is 0 Å². The van der Waals surface area contributed by atoms with Gasteiger partial charge >= 0.3 is 0 Å². The number of rotatable bonds is 1. The van der Waals surface area contributed by atoms with Crippen molar-refractivity contribution in [1.82, 2.24) is 4.98 Å². The van der Waals surface area contributed by atoms with Crippen molar-refractivity contribution in [2.75, 3.05) is 0 Å². The number of aliphatic hydroxyl groups excluding tert-OH is 1. The van der Waals surface area contributed by atoms with E-state index >= 15 is 0 Å². The van der Waals surface area contributed by atoms with Crippen LogP contribution in [0.3, 0.4) is 0 Å². The lowest BCUT2D eigenvalue weighted by molar-refractivity contribution is 0.163. The summed E-state index contributed by atoms with van der Waals surface area (Å²) in [6.45, 7) is 1.60. The van der Waals surface area contributed by atoms with Crippen LogP contribution < -0.4 is 0 Å². The topological polar surface area (TPSA) is 46.3 Å². The number of nitrogens with zero attached hydrogens (tertiary/aromatic N) is 1. The highest BCUT2D eigenvalue weighted by molar-refractivity contribution is 4.82. The Balaban J connectivity index is 2.77. The quantitative estimate of drug-likeness (QED) is 0.583. The highest BCUT2D eigenvalue weighted by Gasteiger charge is 2.02. The summed E-state index contributed by atoms with van der Waals surface area (Å²) in [4.78, 5) is 3.70. The lowest BCUT2D eigenvalue weighted by Gasteiger charge is -1.92. The van der Waals surface area contributed by atoms with E-state index in [1.807, 2.05) is 0 Å². The second-order valence-electron chi connectivity index (χ2n) is 1.55. The third-order valence-corrected chi connectivity index (χ3v) is 0.809. The molecule has 0 bridgehead atoms. The largest absolute Gasteiger partial charge is 0.446 e. The zero-order chi connectivity index (χ0) is 5.98. The van der Waals surface area contributed by atoms with Crippen LogP contribution >= 0.6 is 0 Å². The first-order chi connectivity index (χ1) is 3.80. The fourth-order valence-electron chi connectivity index (χ4n) is 0.441. The molecule has 0 amide bonds. The molecular weight excluding hydrogens is 106 g/mol. The Hall–Kier alpha value is -0.830. The fourth-order valence-corrected chi connectivity index (χ4v) is 0.441. The molecule has 0 aromatic carbocycles. The van der Waals surface area contributed by atoms with Crippen LogP contribution in [0.25, 0.3) is 0 Å². The van der Waals surface area contributed by atoms with E-state index in [1.165, 1.54) is 12.5 Å². The van der Waals surface area contributed by atoms with Crippen LogP contribution in [0.1, 0.15) is 18.9 Å². The standard InChI is InChI=1S/C5H7NO2/c1-4(7)5-6-2-3-8-5/h2-4,7H,1H3/t4-/m1/s1. The zero-order valence-corrected chi connectivity index (χ0v) is 4.53. The predicted molar refractivity (Wildman–Crippen MR) is 27.1 cm³/mol. The van der Waals surface area contributed by atoms with Crippen LogP contribution in [0.5, 0.6) is 0 Å². The van der Waals surface area contributed by atoms with Crippen LogP contribution in [-0.4, -0.2) is 10.1 Å².